The number of ketones is 1. The van der Waals surface area contributed by atoms with Gasteiger partial charge in [-0.3, -0.25) is 4.79 Å². The van der Waals surface area contributed by atoms with Crippen LogP contribution in [0.1, 0.15) is 109 Å². The van der Waals surface area contributed by atoms with Gasteiger partial charge in [-0.15, -0.1) is 0 Å². The second-order valence-electron chi connectivity index (χ2n) is 8.11. The molecule has 0 bridgehead atoms. The van der Waals surface area contributed by atoms with E-state index in [0.717, 1.165) is 18.8 Å². The Bertz CT molecular complexity index is 560. The van der Waals surface area contributed by atoms with Gasteiger partial charge in [0.1, 0.15) is 11.5 Å². The van der Waals surface area contributed by atoms with E-state index in [1.165, 1.54) is 96.5 Å². The van der Waals surface area contributed by atoms with Crippen LogP contribution in [0.15, 0.2) is 30.3 Å². The van der Waals surface area contributed by atoms with Gasteiger partial charge in [-0.25, -0.2) is 0 Å². The number of hydrogen-bond acceptors (Lipinski definition) is 3. The number of carbonyl (C=O) groups is 1. The van der Waals surface area contributed by atoms with Gasteiger partial charge in [0.15, 0.2) is 5.78 Å². The molecule has 164 valence electrons. The molecule has 0 amide bonds. The predicted octanol–water partition coefficient (Wildman–Crippen LogP) is 8.03. The zero-order chi connectivity index (χ0) is 21.2. The van der Waals surface area contributed by atoms with Crippen LogP contribution in [0.3, 0.4) is 0 Å². The molecule has 1 aromatic rings. The highest BCUT2D eigenvalue weighted by Crippen LogP contribution is 2.18. The zero-order valence-electron chi connectivity index (χ0n) is 18.8. The standard InChI is InChI=1S/C26H42O3/c1-3-4-5-6-7-8-9-10-11-12-13-14-15-16-21-29-25-19-17-24(18-20-25)26(28)22-23(2)27/h17-20,22,28H,3-16,21H2,1-2H3/b26-22-. The summed E-state index contributed by atoms with van der Waals surface area (Å²) in [5.74, 6) is 0.635. The molecule has 0 aliphatic carbocycles. The minimum atomic E-state index is -0.166. The Morgan fingerprint density at radius 2 is 1.24 bits per heavy atom. The lowest BCUT2D eigenvalue weighted by Gasteiger charge is -2.07. The molecule has 0 heterocycles. The number of rotatable bonds is 18. The Kier molecular flexibility index (Phi) is 14.9. The molecule has 1 rings (SSSR count). The largest absolute Gasteiger partial charge is 0.507 e. The molecule has 0 saturated heterocycles. The first-order valence-corrected chi connectivity index (χ1v) is 11.8. The number of ether oxygens (including phenoxy) is 1. The molecule has 0 saturated carbocycles. The van der Waals surface area contributed by atoms with Crippen LogP contribution in [0, 0.1) is 0 Å². The van der Waals surface area contributed by atoms with E-state index in [9.17, 15) is 9.90 Å². The van der Waals surface area contributed by atoms with Crippen molar-refractivity contribution >= 4 is 11.5 Å². The number of carbonyl (C=O) groups excluding carboxylic acids is 1. The zero-order valence-corrected chi connectivity index (χ0v) is 18.8. The quantitative estimate of drug-likeness (QED) is 0.153. The van der Waals surface area contributed by atoms with Gasteiger partial charge in [-0.1, -0.05) is 90.4 Å². The Balaban J connectivity index is 1.94. The first-order valence-electron chi connectivity index (χ1n) is 11.8. The van der Waals surface area contributed by atoms with Gasteiger partial charge >= 0.3 is 0 Å². The van der Waals surface area contributed by atoms with E-state index in [1.54, 1.807) is 12.1 Å². The molecule has 29 heavy (non-hydrogen) atoms. The van der Waals surface area contributed by atoms with Crippen LogP contribution in [0.4, 0.5) is 0 Å². The smallest absolute Gasteiger partial charge is 0.156 e. The van der Waals surface area contributed by atoms with E-state index in [0.29, 0.717) is 5.56 Å². The maximum absolute atomic E-state index is 11.0. The fraction of sp³-hybridized carbons (Fsp3) is 0.654. The third kappa shape index (κ3) is 13.9. The lowest BCUT2D eigenvalue weighted by molar-refractivity contribution is -0.112. The summed E-state index contributed by atoms with van der Waals surface area (Å²) in [6, 6.07) is 7.22. The lowest BCUT2D eigenvalue weighted by atomic mass is 10.0. The van der Waals surface area contributed by atoms with Gasteiger partial charge in [0, 0.05) is 11.6 Å². The van der Waals surface area contributed by atoms with Crippen molar-refractivity contribution in [3.63, 3.8) is 0 Å². The summed E-state index contributed by atoms with van der Waals surface area (Å²) >= 11 is 0. The Morgan fingerprint density at radius 3 is 1.69 bits per heavy atom. The van der Waals surface area contributed by atoms with E-state index in [-0.39, 0.29) is 11.5 Å². The molecule has 0 unspecified atom stereocenters. The highest BCUT2D eigenvalue weighted by molar-refractivity contribution is 5.93. The molecular formula is C26H42O3. The minimum Gasteiger partial charge on any atom is -0.507 e. The summed E-state index contributed by atoms with van der Waals surface area (Å²) in [5, 5.41) is 9.80. The normalized spacial score (nSPS) is 11.6. The van der Waals surface area contributed by atoms with E-state index in [1.807, 2.05) is 12.1 Å². The monoisotopic (exact) mass is 402 g/mol. The maximum atomic E-state index is 11.0. The topological polar surface area (TPSA) is 46.5 Å². The predicted molar refractivity (Wildman–Crippen MR) is 124 cm³/mol. The fourth-order valence-electron chi connectivity index (χ4n) is 3.48. The van der Waals surface area contributed by atoms with Crippen molar-refractivity contribution in [3.05, 3.63) is 35.9 Å². The van der Waals surface area contributed by atoms with Crippen molar-refractivity contribution in [1.82, 2.24) is 0 Å². The number of hydrogen-bond donors (Lipinski definition) is 1. The SMILES string of the molecule is CCCCCCCCCCCCCCCCOc1ccc(/C(O)=C/C(C)=O)cc1. The molecule has 0 radical (unpaired) electrons. The first-order chi connectivity index (χ1) is 14.1. The van der Waals surface area contributed by atoms with Gasteiger partial charge in [0.05, 0.1) is 6.61 Å². The maximum Gasteiger partial charge on any atom is 0.156 e. The van der Waals surface area contributed by atoms with Crippen molar-refractivity contribution in [1.29, 1.82) is 0 Å². The van der Waals surface area contributed by atoms with E-state index in [2.05, 4.69) is 6.92 Å². The molecule has 1 aromatic carbocycles. The van der Waals surface area contributed by atoms with Crippen molar-refractivity contribution in [2.45, 2.75) is 104 Å². The third-order valence-electron chi connectivity index (χ3n) is 5.26. The van der Waals surface area contributed by atoms with Gasteiger partial charge in [0.25, 0.3) is 0 Å². The summed E-state index contributed by atoms with van der Waals surface area (Å²) in [4.78, 5) is 11.0. The lowest BCUT2D eigenvalue weighted by Crippen LogP contribution is -1.97. The molecule has 0 aromatic heterocycles. The second-order valence-corrected chi connectivity index (χ2v) is 8.11. The fourth-order valence-corrected chi connectivity index (χ4v) is 3.48. The van der Waals surface area contributed by atoms with Crippen molar-refractivity contribution < 1.29 is 14.6 Å². The van der Waals surface area contributed by atoms with Crippen molar-refractivity contribution in [3.8, 4) is 5.75 Å². The molecule has 0 aliphatic rings. The number of allylic oxidation sites excluding steroid dienone is 1. The van der Waals surface area contributed by atoms with Gasteiger partial charge in [-0.2, -0.15) is 0 Å². The Morgan fingerprint density at radius 1 is 0.793 bits per heavy atom. The molecule has 0 atom stereocenters. The van der Waals surface area contributed by atoms with Crippen LogP contribution in [-0.4, -0.2) is 17.5 Å². The summed E-state index contributed by atoms with van der Waals surface area (Å²) in [6.45, 7) is 4.42. The van der Waals surface area contributed by atoms with Gasteiger partial charge < -0.3 is 9.84 Å². The number of aliphatic hydroxyl groups excluding tert-OH is 1. The Hall–Kier alpha value is -1.77. The van der Waals surface area contributed by atoms with Crippen molar-refractivity contribution in [2.75, 3.05) is 6.61 Å². The number of aliphatic hydroxyl groups is 1. The number of unbranched alkanes of at least 4 members (excludes halogenated alkanes) is 13. The van der Waals surface area contributed by atoms with Crippen LogP contribution in [0.25, 0.3) is 5.76 Å². The molecule has 0 aliphatic heterocycles. The average molecular weight is 403 g/mol. The summed E-state index contributed by atoms with van der Waals surface area (Å²) in [6.07, 6.45) is 20.2. The second kappa shape index (κ2) is 17.1. The van der Waals surface area contributed by atoms with Crippen LogP contribution >= 0.6 is 0 Å². The van der Waals surface area contributed by atoms with Gasteiger partial charge in [-0.05, 0) is 37.6 Å². The van der Waals surface area contributed by atoms with Crippen LogP contribution < -0.4 is 4.74 Å². The van der Waals surface area contributed by atoms with Crippen molar-refractivity contribution in [2.24, 2.45) is 0 Å². The molecule has 0 fully saturated rings. The van der Waals surface area contributed by atoms with Crippen LogP contribution in [-0.2, 0) is 4.79 Å². The molecular weight excluding hydrogens is 360 g/mol. The molecule has 1 N–H and O–H groups in total. The van der Waals surface area contributed by atoms with Crippen LogP contribution in [0.2, 0.25) is 0 Å². The molecule has 3 heteroatoms. The van der Waals surface area contributed by atoms with E-state index in [4.69, 9.17) is 4.74 Å². The summed E-state index contributed by atoms with van der Waals surface area (Å²) in [5.41, 5.74) is 0.629. The third-order valence-corrected chi connectivity index (χ3v) is 5.26. The highest BCUT2D eigenvalue weighted by atomic mass is 16.5. The van der Waals surface area contributed by atoms with E-state index >= 15 is 0 Å². The summed E-state index contributed by atoms with van der Waals surface area (Å²) < 4.78 is 5.76. The molecule has 3 nitrogen and oxygen atoms in total. The minimum absolute atomic E-state index is 0.00368. The highest BCUT2D eigenvalue weighted by Gasteiger charge is 2.01. The van der Waals surface area contributed by atoms with E-state index < -0.39 is 0 Å². The summed E-state index contributed by atoms with van der Waals surface area (Å²) in [7, 11) is 0. The van der Waals surface area contributed by atoms with Crippen LogP contribution in [0.5, 0.6) is 5.75 Å². The van der Waals surface area contributed by atoms with Gasteiger partial charge in [0.2, 0.25) is 0 Å². The first kappa shape index (κ1) is 25.3. The molecule has 0 spiro atoms. The average Bonchev–Trinajstić information content (AvgIpc) is 2.71. The number of benzene rings is 1. The Labute approximate surface area is 178 Å².